The number of para-hydroxylation sites is 1. The van der Waals surface area contributed by atoms with Gasteiger partial charge in [0.15, 0.2) is 0 Å². The van der Waals surface area contributed by atoms with Crippen LogP contribution in [0.15, 0.2) is 52.5 Å². The molecule has 1 N–H and O–H groups in total. The van der Waals surface area contributed by atoms with Gasteiger partial charge in [0.1, 0.15) is 5.75 Å². The van der Waals surface area contributed by atoms with Crippen molar-refractivity contribution in [1.29, 1.82) is 0 Å². The fraction of sp³-hybridized carbons (Fsp3) is 0.350. The third-order valence-corrected chi connectivity index (χ3v) is 5.33. The lowest BCUT2D eigenvalue weighted by Crippen LogP contribution is -2.18. The normalized spacial score (nSPS) is 11.7. The van der Waals surface area contributed by atoms with Gasteiger partial charge in [0.2, 0.25) is 0 Å². The highest BCUT2D eigenvalue weighted by Gasteiger charge is 2.12. The predicted octanol–water partition coefficient (Wildman–Crippen LogP) is 4.05. The Labute approximate surface area is 156 Å². The average molecular weight is 375 g/mol. The molecule has 0 heterocycles. The summed E-state index contributed by atoms with van der Waals surface area (Å²) >= 11 is 0. The van der Waals surface area contributed by atoms with Crippen molar-refractivity contribution in [3.8, 4) is 5.75 Å². The maximum Gasteiger partial charge on any atom is 0.276 e. The summed E-state index contributed by atoms with van der Waals surface area (Å²) in [5.74, 6) is 0.738. The van der Waals surface area contributed by atoms with Crippen LogP contribution in [0.5, 0.6) is 5.75 Å². The number of hydrogen-bond acceptors (Lipinski definition) is 4. The third-order valence-electron chi connectivity index (χ3n) is 4.09. The summed E-state index contributed by atoms with van der Waals surface area (Å²) in [6, 6.07) is 12.4. The van der Waals surface area contributed by atoms with Gasteiger partial charge in [-0.15, -0.1) is 0 Å². The van der Waals surface area contributed by atoms with Crippen molar-refractivity contribution >= 4 is 16.2 Å². The Morgan fingerprint density at radius 3 is 2.50 bits per heavy atom. The van der Waals surface area contributed by atoms with E-state index >= 15 is 0 Å². The maximum absolute atomic E-state index is 12.3. The molecular formula is C20H26N2O3S. The highest BCUT2D eigenvalue weighted by Crippen LogP contribution is 2.24. The molecule has 0 aliphatic carbocycles. The van der Waals surface area contributed by atoms with E-state index in [1.807, 2.05) is 25.1 Å². The van der Waals surface area contributed by atoms with E-state index in [0.717, 1.165) is 48.1 Å². The number of ether oxygens (including phenoxy) is 1. The fourth-order valence-corrected chi connectivity index (χ4v) is 3.44. The van der Waals surface area contributed by atoms with E-state index in [0.29, 0.717) is 0 Å². The molecule has 0 atom stereocenters. The number of nitrogens with zero attached hydrogens (tertiary/aromatic N) is 1. The summed E-state index contributed by atoms with van der Waals surface area (Å²) in [7, 11) is -2.07. The molecule has 2 rings (SSSR count). The quantitative estimate of drug-likeness (QED) is 0.409. The van der Waals surface area contributed by atoms with Gasteiger partial charge in [-0.2, -0.15) is 13.5 Å². The molecule has 5 nitrogen and oxygen atoms in total. The second kappa shape index (κ2) is 9.38. The van der Waals surface area contributed by atoms with Crippen molar-refractivity contribution in [2.75, 3.05) is 7.11 Å². The highest BCUT2D eigenvalue weighted by atomic mass is 32.2. The molecule has 0 fully saturated rings. The van der Waals surface area contributed by atoms with Crippen LogP contribution < -0.4 is 9.57 Å². The lowest BCUT2D eigenvalue weighted by molar-refractivity contribution is 0.408. The lowest BCUT2D eigenvalue weighted by atomic mass is 10.0. The van der Waals surface area contributed by atoms with Gasteiger partial charge < -0.3 is 4.74 Å². The van der Waals surface area contributed by atoms with E-state index < -0.39 is 10.0 Å². The van der Waals surface area contributed by atoms with E-state index in [1.54, 1.807) is 31.4 Å². The van der Waals surface area contributed by atoms with E-state index in [9.17, 15) is 8.42 Å². The zero-order valence-corrected chi connectivity index (χ0v) is 16.3. The topological polar surface area (TPSA) is 67.8 Å². The van der Waals surface area contributed by atoms with Crippen LogP contribution in [0.1, 0.15) is 42.9 Å². The number of sulfonamides is 1. The van der Waals surface area contributed by atoms with Gasteiger partial charge in [0, 0.05) is 5.56 Å². The molecule has 0 saturated heterocycles. The maximum atomic E-state index is 12.3. The number of benzene rings is 2. The van der Waals surface area contributed by atoms with Crippen molar-refractivity contribution in [3.63, 3.8) is 0 Å². The summed E-state index contributed by atoms with van der Waals surface area (Å²) in [5, 5.41) is 3.92. The minimum Gasteiger partial charge on any atom is -0.496 e. The third kappa shape index (κ3) is 5.33. The van der Waals surface area contributed by atoms with Crippen LogP contribution in [-0.4, -0.2) is 21.7 Å². The van der Waals surface area contributed by atoms with Gasteiger partial charge in [-0.25, -0.2) is 4.83 Å². The molecule has 0 bridgehead atoms. The molecular weight excluding hydrogens is 348 g/mol. The van der Waals surface area contributed by atoms with Crippen molar-refractivity contribution in [1.82, 2.24) is 4.83 Å². The number of rotatable bonds is 9. The Balaban J connectivity index is 2.14. The molecule has 2 aromatic carbocycles. The smallest absolute Gasteiger partial charge is 0.276 e. The van der Waals surface area contributed by atoms with Crippen LogP contribution in [-0.2, 0) is 16.4 Å². The van der Waals surface area contributed by atoms with Gasteiger partial charge in [0.05, 0.1) is 18.2 Å². The Kier molecular flexibility index (Phi) is 7.21. The summed E-state index contributed by atoms with van der Waals surface area (Å²) < 4.78 is 30.1. The Bertz CT molecular complexity index is 844. The molecule has 0 amide bonds. The standard InChI is InChI=1S/C20H26N2O3S/c1-4-5-6-8-17-9-7-10-18(20(17)25-3)15-21-22-26(23,24)19-13-11-16(2)12-14-19/h7,9-15,22H,4-6,8H2,1-3H3. The molecule has 6 heteroatoms. The molecule has 0 aliphatic rings. The van der Waals surface area contributed by atoms with Crippen molar-refractivity contribution in [2.45, 2.75) is 44.4 Å². The van der Waals surface area contributed by atoms with E-state index in [1.165, 1.54) is 6.21 Å². The first kappa shape index (κ1) is 20.0. The summed E-state index contributed by atoms with van der Waals surface area (Å²) in [6.07, 6.45) is 5.82. The highest BCUT2D eigenvalue weighted by molar-refractivity contribution is 7.89. The first-order chi connectivity index (χ1) is 12.5. The molecule has 2 aromatic rings. The molecule has 0 aromatic heterocycles. The van der Waals surface area contributed by atoms with Crippen LogP contribution in [0.4, 0.5) is 0 Å². The lowest BCUT2D eigenvalue weighted by Gasteiger charge is -2.11. The zero-order valence-electron chi connectivity index (χ0n) is 15.5. The Hall–Kier alpha value is -2.34. The van der Waals surface area contributed by atoms with Crippen LogP contribution in [0.3, 0.4) is 0 Å². The van der Waals surface area contributed by atoms with Crippen molar-refractivity contribution < 1.29 is 13.2 Å². The summed E-state index contributed by atoms with van der Waals surface area (Å²) in [6.45, 7) is 4.07. The number of unbranched alkanes of at least 4 members (excludes halogenated alkanes) is 2. The van der Waals surface area contributed by atoms with Gasteiger partial charge in [-0.1, -0.05) is 49.6 Å². The number of hydrazone groups is 1. The number of aryl methyl sites for hydroxylation is 2. The molecule has 0 spiro atoms. The SMILES string of the molecule is CCCCCc1cccc(C=NNS(=O)(=O)c2ccc(C)cc2)c1OC. The zero-order chi connectivity index (χ0) is 19.0. The Morgan fingerprint density at radius 2 is 1.85 bits per heavy atom. The van der Waals surface area contributed by atoms with Crippen LogP contribution >= 0.6 is 0 Å². The molecule has 0 aliphatic heterocycles. The monoisotopic (exact) mass is 374 g/mol. The average Bonchev–Trinajstić information content (AvgIpc) is 2.62. The van der Waals surface area contributed by atoms with E-state index in [4.69, 9.17) is 4.74 Å². The fourth-order valence-electron chi connectivity index (χ4n) is 2.65. The number of hydrogen-bond donors (Lipinski definition) is 1. The van der Waals surface area contributed by atoms with Gasteiger partial charge in [0.25, 0.3) is 10.0 Å². The number of nitrogens with one attached hydrogen (secondary N) is 1. The summed E-state index contributed by atoms with van der Waals surface area (Å²) in [4.78, 5) is 2.43. The van der Waals surface area contributed by atoms with Crippen LogP contribution in [0.25, 0.3) is 0 Å². The van der Waals surface area contributed by atoms with Gasteiger partial charge in [-0.3, -0.25) is 0 Å². The minimum absolute atomic E-state index is 0.181. The summed E-state index contributed by atoms with van der Waals surface area (Å²) in [5.41, 5.74) is 2.84. The molecule has 0 unspecified atom stereocenters. The second-order valence-corrected chi connectivity index (χ2v) is 7.82. The largest absolute Gasteiger partial charge is 0.496 e. The molecule has 26 heavy (non-hydrogen) atoms. The van der Waals surface area contributed by atoms with Crippen LogP contribution in [0.2, 0.25) is 0 Å². The van der Waals surface area contributed by atoms with Crippen molar-refractivity contribution in [2.24, 2.45) is 5.10 Å². The van der Waals surface area contributed by atoms with Gasteiger partial charge in [-0.05, 0) is 43.5 Å². The predicted molar refractivity (Wildman–Crippen MR) is 105 cm³/mol. The molecule has 0 radical (unpaired) electrons. The minimum atomic E-state index is -3.68. The van der Waals surface area contributed by atoms with Crippen molar-refractivity contribution in [3.05, 3.63) is 59.2 Å². The Morgan fingerprint density at radius 1 is 1.12 bits per heavy atom. The second-order valence-electron chi connectivity index (χ2n) is 6.16. The van der Waals surface area contributed by atoms with Gasteiger partial charge >= 0.3 is 0 Å². The first-order valence-electron chi connectivity index (χ1n) is 8.75. The van der Waals surface area contributed by atoms with Crippen LogP contribution in [0, 0.1) is 6.92 Å². The molecule has 0 saturated carbocycles. The molecule has 140 valence electrons. The van der Waals surface area contributed by atoms with E-state index in [2.05, 4.69) is 16.9 Å². The number of methoxy groups -OCH3 is 1. The van der Waals surface area contributed by atoms with E-state index in [-0.39, 0.29) is 4.90 Å². The first-order valence-corrected chi connectivity index (χ1v) is 10.2.